The van der Waals surface area contributed by atoms with Crippen molar-refractivity contribution >= 4 is 0 Å². The molecule has 0 bridgehead atoms. The maximum atomic E-state index is 6.17. The molecule has 0 spiro atoms. The van der Waals surface area contributed by atoms with Crippen LogP contribution in [0.25, 0.3) is 0 Å². The van der Waals surface area contributed by atoms with Crippen molar-refractivity contribution in [2.75, 3.05) is 6.61 Å². The summed E-state index contributed by atoms with van der Waals surface area (Å²) in [5.41, 5.74) is 8.73. The Hall–Kier alpha value is -0.900. The molecule has 0 aromatic heterocycles. The first-order valence-electron chi connectivity index (χ1n) is 6.65. The van der Waals surface area contributed by atoms with E-state index in [9.17, 15) is 0 Å². The third-order valence-corrected chi connectivity index (χ3v) is 3.78. The van der Waals surface area contributed by atoms with E-state index in [1.54, 1.807) is 0 Å². The summed E-state index contributed by atoms with van der Waals surface area (Å²) in [6.45, 7) is 4.54. The first-order valence-corrected chi connectivity index (χ1v) is 6.65. The molecule has 2 aliphatic rings. The molecule has 1 saturated carbocycles. The quantitative estimate of drug-likeness (QED) is 0.892. The van der Waals surface area contributed by atoms with Crippen LogP contribution in [0.2, 0.25) is 0 Å². The molecule has 3 nitrogen and oxygen atoms in total. The molecule has 0 amide bonds. The fourth-order valence-corrected chi connectivity index (χ4v) is 2.50. The SMILES string of the molecule is CC1(C)OCC(c2cccc(CC3(N)CC3)c2)O1. The molecule has 1 aliphatic carbocycles. The minimum atomic E-state index is -0.466. The van der Waals surface area contributed by atoms with Crippen molar-refractivity contribution < 1.29 is 9.47 Å². The molecular weight excluding hydrogens is 226 g/mol. The van der Waals surface area contributed by atoms with Gasteiger partial charge in [-0.05, 0) is 44.2 Å². The molecule has 1 saturated heterocycles. The molecule has 1 unspecified atom stereocenters. The van der Waals surface area contributed by atoms with E-state index in [0.29, 0.717) is 6.61 Å². The van der Waals surface area contributed by atoms with Gasteiger partial charge in [0, 0.05) is 5.54 Å². The average Bonchev–Trinajstić information content (AvgIpc) is 2.90. The van der Waals surface area contributed by atoms with Gasteiger partial charge in [0.25, 0.3) is 0 Å². The Morgan fingerprint density at radius 3 is 2.72 bits per heavy atom. The molecule has 2 fully saturated rings. The van der Waals surface area contributed by atoms with Crippen molar-refractivity contribution in [1.82, 2.24) is 0 Å². The molecule has 2 N–H and O–H groups in total. The fraction of sp³-hybridized carbons (Fsp3) is 0.600. The highest BCUT2D eigenvalue weighted by atomic mass is 16.7. The largest absolute Gasteiger partial charge is 0.347 e. The van der Waals surface area contributed by atoms with E-state index in [1.807, 2.05) is 13.8 Å². The molecule has 1 aromatic carbocycles. The van der Waals surface area contributed by atoms with Crippen LogP contribution >= 0.6 is 0 Å². The number of ether oxygens (including phenoxy) is 2. The minimum Gasteiger partial charge on any atom is -0.347 e. The first-order chi connectivity index (χ1) is 8.46. The second-order valence-electron chi connectivity index (χ2n) is 6.10. The van der Waals surface area contributed by atoms with Crippen molar-refractivity contribution in [3.05, 3.63) is 35.4 Å². The van der Waals surface area contributed by atoms with Gasteiger partial charge in [-0.3, -0.25) is 0 Å². The van der Waals surface area contributed by atoms with Gasteiger partial charge < -0.3 is 15.2 Å². The number of hydrogen-bond donors (Lipinski definition) is 1. The van der Waals surface area contributed by atoms with Gasteiger partial charge in [0.05, 0.1) is 6.61 Å². The lowest BCUT2D eigenvalue weighted by molar-refractivity contribution is -0.139. The van der Waals surface area contributed by atoms with Crippen molar-refractivity contribution in [2.24, 2.45) is 5.73 Å². The molecule has 18 heavy (non-hydrogen) atoms. The third kappa shape index (κ3) is 2.58. The predicted molar refractivity (Wildman–Crippen MR) is 70.2 cm³/mol. The standard InChI is InChI=1S/C15H21NO2/c1-14(2)17-10-13(18-14)12-5-3-4-11(8-12)9-15(16)6-7-15/h3-5,8,13H,6-7,9-10,16H2,1-2H3. The third-order valence-electron chi connectivity index (χ3n) is 3.78. The Kier molecular flexibility index (Phi) is 2.73. The van der Waals surface area contributed by atoms with Crippen LogP contribution < -0.4 is 5.73 Å². The highest BCUT2D eigenvalue weighted by molar-refractivity contribution is 5.28. The summed E-state index contributed by atoms with van der Waals surface area (Å²) in [7, 11) is 0. The highest BCUT2D eigenvalue weighted by Crippen LogP contribution is 2.37. The van der Waals surface area contributed by atoms with Crippen LogP contribution in [0, 0.1) is 0 Å². The zero-order valence-electron chi connectivity index (χ0n) is 11.1. The minimum absolute atomic E-state index is 0.0490. The van der Waals surface area contributed by atoms with Gasteiger partial charge >= 0.3 is 0 Å². The van der Waals surface area contributed by atoms with E-state index < -0.39 is 5.79 Å². The zero-order chi connectivity index (χ0) is 12.8. The summed E-state index contributed by atoms with van der Waals surface area (Å²) < 4.78 is 11.5. The van der Waals surface area contributed by atoms with Crippen molar-refractivity contribution in [3.63, 3.8) is 0 Å². The fourth-order valence-electron chi connectivity index (χ4n) is 2.50. The van der Waals surface area contributed by atoms with Crippen LogP contribution in [0.3, 0.4) is 0 Å². The number of hydrogen-bond acceptors (Lipinski definition) is 3. The summed E-state index contributed by atoms with van der Waals surface area (Å²) in [6, 6.07) is 8.56. The highest BCUT2D eigenvalue weighted by Gasteiger charge is 2.38. The summed E-state index contributed by atoms with van der Waals surface area (Å²) in [4.78, 5) is 0. The Morgan fingerprint density at radius 1 is 1.33 bits per heavy atom. The van der Waals surface area contributed by atoms with Gasteiger partial charge in [-0.15, -0.1) is 0 Å². The second-order valence-corrected chi connectivity index (χ2v) is 6.10. The summed E-state index contributed by atoms with van der Waals surface area (Å²) in [5.74, 6) is -0.466. The lowest BCUT2D eigenvalue weighted by atomic mass is 10.0. The van der Waals surface area contributed by atoms with Crippen LogP contribution in [0.5, 0.6) is 0 Å². The molecule has 1 aromatic rings. The number of rotatable bonds is 3. The normalized spacial score (nSPS) is 28.3. The van der Waals surface area contributed by atoms with E-state index in [4.69, 9.17) is 15.2 Å². The molecule has 3 rings (SSSR count). The average molecular weight is 247 g/mol. The van der Waals surface area contributed by atoms with Crippen LogP contribution in [0.4, 0.5) is 0 Å². The monoisotopic (exact) mass is 247 g/mol. The Labute approximate surface area is 108 Å². The van der Waals surface area contributed by atoms with Gasteiger partial charge in [0.15, 0.2) is 5.79 Å². The summed E-state index contributed by atoms with van der Waals surface area (Å²) in [6.07, 6.45) is 3.31. The van der Waals surface area contributed by atoms with Gasteiger partial charge in [-0.25, -0.2) is 0 Å². The molecule has 0 radical (unpaired) electrons. The lowest BCUT2D eigenvalue weighted by Gasteiger charge is -2.18. The smallest absolute Gasteiger partial charge is 0.163 e. The first kappa shape index (κ1) is 12.2. The maximum absolute atomic E-state index is 6.17. The van der Waals surface area contributed by atoms with E-state index in [0.717, 1.165) is 19.3 Å². The lowest BCUT2D eigenvalue weighted by Crippen LogP contribution is -2.24. The molecule has 98 valence electrons. The molecule has 1 aliphatic heterocycles. The Morgan fingerprint density at radius 2 is 2.11 bits per heavy atom. The predicted octanol–water partition coefficient (Wildman–Crippen LogP) is 2.54. The van der Waals surface area contributed by atoms with Gasteiger partial charge in [-0.1, -0.05) is 24.3 Å². The van der Waals surface area contributed by atoms with Crippen LogP contribution in [-0.2, 0) is 15.9 Å². The van der Waals surface area contributed by atoms with E-state index >= 15 is 0 Å². The molecule has 3 heteroatoms. The molecule has 1 atom stereocenters. The van der Waals surface area contributed by atoms with E-state index in [1.165, 1.54) is 11.1 Å². The summed E-state index contributed by atoms with van der Waals surface area (Å²) in [5, 5.41) is 0. The van der Waals surface area contributed by atoms with Crippen molar-refractivity contribution in [3.8, 4) is 0 Å². The second kappa shape index (κ2) is 4.05. The molecule has 1 heterocycles. The van der Waals surface area contributed by atoms with Crippen LogP contribution in [0.1, 0.15) is 43.9 Å². The van der Waals surface area contributed by atoms with Gasteiger partial charge in [0.2, 0.25) is 0 Å². The van der Waals surface area contributed by atoms with Crippen LogP contribution in [-0.4, -0.2) is 17.9 Å². The van der Waals surface area contributed by atoms with E-state index in [-0.39, 0.29) is 11.6 Å². The zero-order valence-corrected chi connectivity index (χ0v) is 11.1. The van der Waals surface area contributed by atoms with Gasteiger partial charge in [-0.2, -0.15) is 0 Å². The number of benzene rings is 1. The van der Waals surface area contributed by atoms with Gasteiger partial charge in [0.1, 0.15) is 6.10 Å². The number of nitrogens with two attached hydrogens (primary N) is 1. The Bertz CT molecular complexity index is 452. The molecular formula is C15H21NO2. The topological polar surface area (TPSA) is 44.5 Å². The summed E-state index contributed by atoms with van der Waals surface area (Å²) >= 11 is 0. The maximum Gasteiger partial charge on any atom is 0.163 e. The Balaban J connectivity index is 1.75. The van der Waals surface area contributed by atoms with Crippen molar-refractivity contribution in [2.45, 2.75) is 50.5 Å². The van der Waals surface area contributed by atoms with Crippen molar-refractivity contribution in [1.29, 1.82) is 0 Å². The van der Waals surface area contributed by atoms with Crippen LogP contribution in [0.15, 0.2) is 24.3 Å². The van der Waals surface area contributed by atoms with E-state index in [2.05, 4.69) is 24.3 Å².